The third-order valence-corrected chi connectivity index (χ3v) is 3.90. The van der Waals surface area contributed by atoms with Crippen LogP contribution in [-0.2, 0) is 0 Å². The predicted molar refractivity (Wildman–Crippen MR) is 67.9 cm³/mol. The first-order valence-electron chi connectivity index (χ1n) is 6.67. The smallest absolute Gasteiger partial charge is 0.0625 e. The van der Waals surface area contributed by atoms with Crippen LogP contribution in [0.2, 0.25) is 0 Å². The lowest BCUT2D eigenvalue weighted by Crippen LogP contribution is -2.17. The molecule has 0 N–H and O–H groups in total. The van der Waals surface area contributed by atoms with Crippen LogP contribution in [0.3, 0.4) is 0 Å². The van der Waals surface area contributed by atoms with Crippen LogP contribution in [0.4, 0.5) is 0 Å². The van der Waals surface area contributed by atoms with Crippen LogP contribution in [-0.4, -0.2) is 9.78 Å². The van der Waals surface area contributed by atoms with Crippen molar-refractivity contribution in [1.82, 2.24) is 9.78 Å². The van der Waals surface area contributed by atoms with Crippen LogP contribution < -0.4 is 0 Å². The molecule has 1 fully saturated rings. The van der Waals surface area contributed by atoms with Crippen molar-refractivity contribution in [1.29, 1.82) is 0 Å². The lowest BCUT2D eigenvalue weighted by molar-refractivity contribution is 0.318. The van der Waals surface area contributed by atoms with Gasteiger partial charge in [-0.15, -0.1) is 0 Å². The van der Waals surface area contributed by atoms with Crippen molar-refractivity contribution >= 4 is 0 Å². The Kier molecular flexibility index (Phi) is 3.36. The average molecular weight is 220 g/mol. The van der Waals surface area contributed by atoms with Gasteiger partial charge in [-0.2, -0.15) is 5.10 Å². The average Bonchev–Trinajstić information content (AvgIpc) is 2.57. The Morgan fingerprint density at radius 2 is 1.75 bits per heavy atom. The van der Waals surface area contributed by atoms with Crippen LogP contribution in [0.15, 0.2) is 0 Å². The first-order valence-corrected chi connectivity index (χ1v) is 6.67. The van der Waals surface area contributed by atoms with E-state index in [0.29, 0.717) is 12.0 Å². The molecule has 0 unspecified atom stereocenters. The highest BCUT2D eigenvalue weighted by Crippen LogP contribution is 2.32. The monoisotopic (exact) mass is 220 g/mol. The Balaban J connectivity index is 2.35. The van der Waals surface area contributed by atoms with Gasteiger partial charge >= 0.3 is 0 Å². The van der Waals surface area contributed by atoms with Crippen LogP contribution in [0.1, 0.15) is 74.9 Å². The van der Waals surface area contributed by atoms with Crippen LogP contribution in [0.25, 0.3) is 0 Å². The van der Waals surface area contributed by atoms with Gasteiger partial charge in [0.1, 0.15) is 0 Å². The summed E-state index contributed by atoms with van der Waals surface area (Å²) in [5.41, 5.74) is 4.08. The fourth-order valence-electron chi connectivity index (χ4n) is 2.95. The quantitative estimate of drug-likeness (QED) is 0.732. The van der Waals surface area contributed by atoms with Crippen LogP contribution in [0, 0.1) is 13.8 Å². The molecule has 16 heavy (non-hydrogen) atoms. The van der Waals surface area contributed by atoms with Crippen molar-refractivity contribution < 1.29 is 0 Å². The molecule has 0 aliphatic heterocycles. The Morgan fingerprint density at radius 3 is 2.31 bits per heavy atom. The van der Waals surface area contributed by atoms with E-state index in [-0.39, 0.29) is 0 Å². The molecule has 2 rings (SSSR count). The number of nitrogens with zero attached hydrogens (tertiary/aromatic N) is 2. The van der Waals surface area contributed by atoms with Gasteiger partial charge in [0.25, 0.3) is 0 Å². The molecule has 1 heterocycles. The molecule has 0 bridgehead atoms. The van der Waals surface area contributed by atoms with E-state index in [1.54, 1.807) is 0 Å². The summed E-state index contributed by atoms with van der Waals surface area (Å²) >= 11 is 0. The molecule has 0 radical (unpaired) electrons. The lowest BCUT2D eigenvalue weighted by Gasteiger charge is -2.25. The molecule has 0 aromatic carbocycles. The molecule has 1 aromatic heterocycles. The zero-order chi connectivity index (χ0) is 11.7. The zero-order valence-corrected chi connectivity index (χ0v) is 11.1. The van der Waals surface area contributed by atoms with Crippen molar-refractivity contribution in [3.8, 4) is 0 Å². The van der Waals surface area contributed by atoms with Crippen molar-refractivity contribution in [2.24, 2.45) is 0 Å². The Labute approximate surface area is 99.0 Å². The fraction of sp³-hybridized carbons (Fsp3) is 0.786. The second-order valence-electron chi connectivity index (χ2n) is 5.49. The summed E-state index contributed by atoms with van der Waals surface area (Å²) in [5, 5.41) is 4.77. The van der Waals surface area contributed by atoms with Crippen molar-refractivity contribution in [3.63, 3.8) is 0 Å². The SMILES string of the molecule is Cc1nn(C2CCCCC2)c(C(C)C)c1C. The van der Waals surface area contributed by atoms with Crippen molar-refractivity contribution in [2.45, 2.75) is 71.8 Å². The van der Waals surface area contributed by atoms with E-state index in [2.05, 4.69) is 32.4 Å². The summed E-state index contributed by atoms with van der Waals surface area (Å²) < 4.78 is 2.34. The summed E-state index contributed by atoms with van der Waals surface area (Å²) in [6, 6.07) is 0.665. The molecule has 0 atom stereocenters. The van der Waals surface area contributed by atoms with Crippen molar-refractivity contribution in [2.75, 3.05) is 0 Å². The highest BCUT2D eigenvalue weighted by Gasteiger charge is 2.22. The third kappa shape index (κ3) is 2.02. The number of hydrogen-bond donors (Lipinski definition) is 0. The molecule has 0 spiro atoms. The third-order valence-electron chi connectivity index (χ3n) is 3.90. The summed E-state index contributed by atoms with van der Waals surface area (Å²) in [6.07, 6.45) is 6.80. The van der Waals surface area contributed by atoms with Gasteiger partial charge < -0.3 is 0 Å². The lowest BCUT2D eigenvalue weighted by atomic mass is 9.94. The van der Waals surface area contributed by atoms with E-state index in [9.17, 15) is 0 Å². The van der Waals surface area contributed by atoms with Crippen molar-refractivity contribution in [3.05, 3.63) is 17.0 Å². The molecule has 2 heteroatoms. The molecular weight excluding hydrogens is 196 g/mol. The minimum atomic E-state index is 0.586. The van der Waals surface area contributed by atoms with E-state index >= 15 is 0 Å². The molecular formula is C14H24N2. The number of hydrogen-bond acceptors (Lipinski definition) is 1. The fourth-order valence-corrected chi connectivity index (χ4v) is 2.95. The number of aromatic nitrogens is 2. The van der Waals surface area contributed by atoms with E-state index in [1.165, 1.54) is 49.1 Å². The Bertz CT molecular complexity index is 357. The molecule has 0 amide bonds. The molecule has 0 saturated heterocycles. The van der Waals surface area contributed by atoms with Crippen LogP contribution >= 0.6 is 0 Å². The van der Waals surface area contributed by atoms with E-state index < -0.39 is 0 Å². The van der Waals surface area contributed by atoms with Crippen LogP contribution in [0.5, 0.6) is 0 Å². The predicted octanol–water partition coefficient (Wildman–Crippen LogP) is 4.13. The number of aryl methyl sites for hydroxylation is 1. The maximum Gasteiger partial charge on any atom is 0.0625 e. The van der Waals surface area contributed by atoms with E-state index in [1.807, 2.05) is 0 Å². The summed E-state index contributed by atoms with van der Waals surface area (Å²) in [7, 11) is 0. The van der Waals surface area contributed by atoms with E-state index in [0.717, 1.165) is 0 Å². The molecule has 1 saturated carbocycles. The Hall–Kier alpha value is -0.790. The van der Waals surface area contributed by atoms with Gasteiger partial charge in [-0.3, -0.25) is 4.68 Å². The second-order valence-corrected chi connectivity index (χ2v) is 5.49. The largest absolute Gasteiger partial charge is 0.266 e. The van der Waals surface area contributed by atoms with Gasteiger partial charge in [-0.05, 0) is 38.2 Å². The molecule has 1 aromatic rings. The first-order chi connectivity index (χ1) is 7.61. The van der Waals surface area contributed by atoms with Gasteiger partial charge in [0.2, 0.25) is 0 Å². The Morgan fingerprint density at radius 1 is 1.12 bits per heavy atom. The maximum absolute atomic E-state index is 4.77. The zero-order valence-electron chi connectivity index (χ0n) is 11.1. The normalized spacial score (nSPS) is 18.3. The highest BCUT2D eigenvalue weighted by atomic mass is 15.3. The summed E-state index contributed by atoms with van der Waals surface area (Å²) in [6.45, 7) is 8.92. The van der Waals surface area contributed by atoms with E-state index in [4.69, 9.17) is 5.10 Å². The number of rotatable bonds is 2. The maximum atomic E-state index is 4.77. The van der Waals surface area contributed by atoms with Gasteiger partial charge in [0.05, 0.1) is 11.7 Å². The minimum Gasteiger partial charge on any atom is -0.266 e. The molecule has 2 nitrogen and oxygen atoms in total. The van der Waals surface area contributed by atoms with Gasteiger partial charge in [0, 0.05) is 5.69 Å². The summed E-state index contributed by atoms with van der Waals surface area (Å²) in [4.78, 5) is 0. The van der Waals surface area contributed by atoms with Gasteiger partial charge in [-0.1, -0.05) is 33.1 Å². The molecule has 90 valence electrons. The topological polar surface area (TPSA) is 17.8 Å². The second kappa shape index (κ2) is 4.60. The molecule has 1 aliphatic rings. The minimum absolute atomic E-state index is 0.586. The first kappa shape index (κ1) is 11.7. The van der Waals surface area contributed by atoms with Gasteiger partial charge in [0.15, 0.2) is 0 Å². The summed E-state index contributed by atoms with van der Waals surface area (Å²) in [5.74, 6) is 0.586. The highest BCUT2D eigenvalue weighted by molar-refractivity contribution is 5.26. The molecule has 1 aliphatic carbocycles. The van der Waals surface area contributed by atoms with Gasteiger partial charge in [-0.25, -0.2) is 0 Å². The standard InChI is InChI=1S/C14H24N2/c1-10(2)14-11(3)12(4)15-16(14)13-8-6-5-7-9-13/h10,13H,5-9H2,1-4H3.